The fraction of sp³-hybridized carbons (Fsp3) is 0.250. The summed E-state index contributed by atoms with van der Waals surface area (Å²) in [6.07, 6.45) is 1.57. The molecule has 160 valence electrons. The van der Waals surface area contributed by atoms with E-state index in [9.17, 15) is 9.59 Å². The maximum atomic E-state index is 12.4. The number of carbonyl (C=O) groups excluding carboxylic acids is 2. The van der Waals surface area contributed by atoms with Crippen LogP contribution in [0.15, 0.2) is 51.5 Å². The van der Waals surface area contributed by atoms with Gasteiger partial charge in [-0.25, -0.2) is 4.98 Å². The van der Waals surface area contributed by atoms with Crippen molar-refractivity contribution in [2.45, 2.75) is 6.92 Å². The number of rotatable bonds is 5. The van der Waals surface area contributed by atoms with Crippen LogP contribution < -0.4 is 15.5 Å². The topological polar surface area (TPSA) is 116 Å². The lowest BCUT2D eigenvalue weighted by Gasteiger charge is -2.34. The zero-order chi connectivity index (χ0) is 21.8. The fourth-order valence-corrected chi connectivity index (χ4v) is 3.54. The molecule has 0 bridgehead atoms. The van der Waals surface area contributed by atoms with Crippen molar-refractivity contribution in [2.24, 2.45) is 0 Å². The predicted molar refractivity (Wildman–Crippen MR) is 118 cm³/mol. The summed E-state index contributed by atoms with van der Waals surface area (Å²) >= 11 is 3.38. The number of hydrogen-bond donors (Lipinski definition) is 2. The van der Waals surface area contributed by atoms with Crippen LogP contribution in [0, 0.1) is 0 Å². The van der Waals surface area contributed by atoms with E-state index in [0.29, 0.717) is 31.9 Å². The molecule has 4 rings (SSSR count). The van der Waals surface area contributed by atoms with Crippen LogP contribution in [0.5, 0.6) is 0 Å². The average Bonchev–Trinajstić information content (AvgIpc) is 3.23. The number of amides is 2. The zero-order valence-electron chi connectivity index (χ0n) is 16.7. The Morgan fingerprint density at radius 1 is 1.06 bits per heavy atom. The normalized spacial score (nSPS) is 13.7. The Bertz CT molecular complexity index is 1080. The highest BCUT2D eigenvalue weighted by Crippen LogP contribution is 2.20. The van der Waals surface area contributed by atoms with Crippen molar-refractivity contribution in [1.29, 1.82) is 0 Å². The molecule has 1 fully saturated rings. The zero-order valence-corrected chi connectivity index (χ0v) is 18.3. The van der Waals surface area contributed by atoms with E-state index in [2.05, 4.69) is 46.6 Å². The van der Waals surface area contributed by atoms with Gasteiger partial charge in [-0.3, -0.25) is 9.59 Å². The largest absolute Gasteiger partial charge is 0.399 e. The monoisotopic (exact) mass is 485 g/mol. The molecule has 1 aliphatic heterocycles. The van der Waals surface area contributed by atoms with Crippen molar-refractivity contribution in [2.75, 3.05) is 41.7 Å². The molecule has 10 nitrogen and oxygen atoms in total. The number of benzene rings is 1. The number of nitrogens with one attached hydrogen (secondary N) is 2. The predicted octanol–water partition coefficient (Wildman–Crippen LogP) is 2.89. The van der Waals surface area contributed by atoms with Crippen molar-refractivity contribution < 1.29 is 14.0 Å². The molecular formula is C20H20BrN7O3. The number of aromatic nitrogens is 3. The van der Waals surface area contributed by atoms with Crippen molar-refractivity contribution in [1.82, 2.24) is 20.1 Å². The number of anilines is 4. The van der Waals surface area contributed by atoms with E-state index in [1.54, 1.807) is 19.2 Å². The second-order valence-corrected chi connectivity index (χ2v) is 7.82. The Morgan fingerprint density at radius 2 is 1.87 bits per heavy atom. The average molecular weight is 486 g/mol. The Morgan fingerprint density at radius 3 is 2.55 bits per heavy atom. The number of piperazine rings is 1. The van der Waals surface area contributed by atoms with Gasteiger partial charge in [0, 0.05) is 43.3 Å². The smallest absolute Gasteiger partial charge is 0.320 e. The summed E-state index contributed by atoms with van der Waals surface area (Å²) < 4.78 is 6.28. The van der Waals surface area contributed by atoms with E-state index in [4.69, 9.17) is 4.42 Å². The SMILES string of the molecule is CC(=O)N1CCN(c2ccc(NC(=O)c3nnc(Nc4cccc(Br)c4)o3)cn2)CC1. The van der Waals surface area contributed by atoms with Gasteiger partial charge in [0.25, 0.3) is 0 Å². The summed E-state index contributed by atoms with van der Waals surface area (Å²) in [5, 5.41) is 13.3. The quantitative estimate of drug-likeness (QED) is 0.566. The minimum absolute atomic E-state index is 0.0849. The summed E-state index contributed by atoms with van der Waals surface area (Å²) in [7, 11) is 0. The number of pyridine rings is 1. The summed E-state index contributed by atoms with van der Waals surface area (Å²) in [6.45, 7) is 4.35. The molecule has 3 aromatic rings. The Labute approximate surface area is 186 Å². The second-order valence-electron chi connectivity index (χ2n) is 6.90. The van der Waals surface area contributed by atoms with Gasteiger partial charge in [0.15, 0.2) is 0 Å². The molecule has 2 N–H and O–H groups in total. The molecule has 0 spiro atoms. The van der Waals surface area contributed by atoms with Gasteiger partial charge in [-0.15, -0.1) is 5.10 Å². The second kappa shape index (κ2) is 9.13. The molecule has 2 aromatic heterocycles. The van der Waals surface area contributed by atoms with E-state index >= 15 is 0 Å². The van der Waals surface area contributed by atoms with Crippen molar-refractivity contribution in [3.8, 4) is 0 Å². The van der Waals surface area contributed by atoms with Crippen molar-refractivity contribution >= 4 is 51.0 Å². The van der Waals surface area contributed by atoms with Gasteiger partial charge in [0.05, 0.1) is 11.9 Å². The molecule has 0 saturated carbocycles. The summed E-state index contributed by atoms with van der Waals surface area (Å²) in [6, 6.07) is 11.1. The van der Waals surface area contributed by atoms with Gasteiger partial charge in [-0.2, -0.15) is 0 Å². The van der Waals surface area contributed by atoms with E-state index < -0.39 is 5.91 Å². The van der Waals surface area contributed by atoms with Crippen molar-refractivity contribution in [3.05, 3.63) is 53.0 Å². The molecule has 1 aromatic carbocycles. The van der Waals surface area contributed by atoms with Crippen LogP contribution in [-0.2, 0) is 4.79 Å². The number of hydrogen-bond acceptors (Lipinski definition) is 8. The van der Waals surface area contributed by atoms with Crippen molar-refractivity contribution in [3.63, 3.8) is 0 Å². The molecule has 2 amide bonds. The molecule has 0 atom stereocenters. The molecule has 0 radical (unpaired) electrons. The van der Waals surface area contributed by atoms with Gasteiger partial charge in [0.2, 0.25) is 5.91 Å². The van der Waals surface area contributed by atoms with Crippen LogP contribution in [0.2, 0.25) is 0 Å². The first-order valence-corrected chi connectivity index (χ1v) is 10.4. The molecular weight excluding hydrogens is 466 g/mol. The first-order valence-electron chi connectivity index (χ1n) is 9.62. The van der Waals surface area contributed by atoms with Gasteiger partial charge < -0.3 is 24.9 Å². The Hall–Kier alpha value is -3.47. The maximum absolute atomic E-state index is 12.4. The van der Waals surface area contributed by atoms with E-state index in [0.717, 1.165) is 16.0 Å². The summed E-state index contributed by atoms with van der Waals surface area (Å²) in [5.41, 5.74) is 1.25. The molecule has 3 heterocycles. The third-order valence-corrected chi connectivity index (χ3v) is 5.24. The van der Waals surface area contributed by atoms with Gasteiger partial charge in [-0.05, 0) is 30.3 Å². The number of carbonyl (C=O) groups is 2. The summed E-state index contributed by atoms with van der Waals surface area (Å²) in [4.78, 5) is 32.2. The molecule has 1 saturated heterocycles. The number of halogens is 1. The molecule has 11 heteroatoms. The van der Waals surface area contributed by atoms with Crippen LogP contribution in [0.3, 0.4) is 0 Å². The maximum Gasteiger partial charge on any atom is 0.320 e. The van der Waals surface area contributed by atoms with Crippen LogP contribution >= 0.6 is 15.9 Å². The standard InChI is InChI=1S/C20H20BrN7O3/c1-13(29)27-7-9-28(10-8-27)17-6-5-16(12-22-17)23-18(30)19-25-26-20(31-19)24-15-4-2-3-14(21)11-15/h2-6,11-12H,7-10H2,1H3,(H,23,30)(H,24,26). The molecule has 0 aliphatic carbocycles. The van der Waals surface area contributed by atoms with E-state index in [1.807, 2.05) is 35.2 Å². The van der Waals surface area contributed by atoms with Crippen LogP contribution in [0.1, 0.15) is 17.6 Å². The van der Waals surface area contributed by atoms with Gasteiger partial charge in [0.1, 0.15) is 5.82 Å². The highest BCUT2D eigenvalue weighted by Gasteiger charge is 2.20. The van der Waals surface area contributed by atoms with Crippen LogP contribution in [-0.4, -0.2) is 58.1 Å². The highest BCUT2D eigenvalue weighted by atomic mass is 79.9. The van der Waals surface area contributed by atoms with Gasteiger partial charge in [-0.1, -0.05) is 27.1 Å². The van der Waals surface area contributed by atoms with E-state index in [-0.39, 0.29) is 17.8 Å². The van der Waals surface area contributed by atoms with E-state index in [1.165, 1.54) is 0 Å². The minimum Gasteiger partial charge on any atom is -0.399 e. The Balaban J connectivity index is 1.34. The Kier molecular flexibility index (Phi) is 6.12. The lowest BCUT2D eigenvalue weighted by molar-refractivity contribution is -0.129. The lowest BCUT2D eigenvalue weighted by Crippen LogP contribution is -2.48. The van der Waals surface area contributed by atoms with Crippen LogP contribution in [0.4, 0.5) is 23.2 Å². The minimum atomic E-state index is -0.528. The third-order valence-electron chi connectivity index (χ3n) is 4.75. The highest BCUT2D eigenvalue weighted by molar-refractivity contribution is 9.10. The summed E-state index contributed by atoms with van der Waals surface area (Å²) in [5.74, 6) is 0.183. The number of nitrogens with zero attached hydrogens (tertiary/aromatic N) is 5. The fourth-order valence-electron chi connectivity index (χ4n) is 3.14. The first-order chi connectivity index (χ1) is 15.0. The molecule has 1 aliphatic rings. The molecule has 0 unspecified atom stereocenters. The van der Waals surface area contributed by atoms with Gasteiger partial charge >= 0.3 is 17.8 Å². The first kappa shape index (κ1) is 20.8. The third kappa shape index (κ3) is 5.18. The van der Waals surface area contributed by atoms with Crippen LogP contribution in [0.25, 0.3) is 0 Å². The lowest BCUT2D eigenvalue weighted by atomic mass is 10.3. The molecule has 31 heavy (non-hydrogen) atoms.